The minimum atomic E-state index is -0.367. The summed E-state index contributed by atoms with van der Waals surface area (Å²) in [6.45, 7) is 2.17. The molecule has 1 heterocycles. The molecule has 2 aromatic carbocycles. The zero-order chi connectivity index (χ0) is 17.6. The largest absolute Gasteiger partial charge is 0.497 e. The summed E-state index contributed by atoms with van der Waals surface area (Å²) in [4.78, 5) is 20.2. The molecule has 6 heteroatoms. The third-order valence-corrected chi connectivity index (χ3v) is 4.81. The molecular formula is C19H20N2O3S. The number of carbonyl (C=O) groups is 1. The minimum Gasteiger partial charge on any atom is -0.497 e. The lowest BCUT2D eigenvalue weighted by molar-refractivity contribution is -0.142. The van der Waals surface area contributed by atoms with E-state index in [1.165, 1.54) is 11.8 Å². The van der Waals surface area contributed by atoms with E-state index in [-0.39, 0.29) is 11.2 Å². The Balaban J connectivity index is 1.79. The second kappa shape index (κ2) is 8.07. The van der Waals surface area contributed by atoms with E-state index in [1.54, 1.807) is 7.11 Å². The van der Waals surface area contributed by atoms with Gasteiger partial charge in [-0.1, -0.05) is 36.0 Å². The lowest BCUT2D eigenvalue weighted by Crippen LogP contribution is -2.23. The number of methoxy groups -OCH3 is 1. The quantitative estimate of drug-likeness (QED) is 0.515. The van der Waals surface area contributed by atoms with Gasteiger partial charge in [0, 0.05) is 0 Å². The molecule has 130 valence electrons. The normalized spacial score (nSPS) is 12.1. The van der Waals surface area contributed by atoms with Gasteiger partial charge in [0.1, 0.15) is 11.0 Å². The molecule has 25 heavy (non-hydrogen) atoms. The summed E-state index contributed by atoms with van der Waals surface area (Å²) in [5.74, 6) is 0.560. The molecule has 0 spiro atoms. The number of hydrogen-bond acceptors (Lipinski definition) is 5. The van der Waals surface area contributed by atoms with Gasteiger partial charge in [-0.15, -0.1) is 0 Å². The number of thioether (sulfide) groups is 1. The molecule has 0 saturated carbocycles. The van der Waals surface area contributed by atoms with Gasteiger partial charge in [0.25, 0.3) is 0 Å². The highest BCUT2D eigenvalue weighted by Gasteiger charge is 2.23. The van der Waals surface area contributed by atoms with Gasteiger partial charge < -0.3 is 14.5 Å². The molecule has 1 aromatic heterocycles. The van der Waals surface area contributed by atoms with E-state index in [0.717, 1.165) is 22.3 Å². The monoisotopic (exact) mass is 356 g/mol. The first kappa shape index (κ1) is 17.4. The molecule has 0 saturated heterocycles. The van der Waals surface area contributed by atoms with Crippen LogP contribution in [0.5, 0.6) is 5.75 Å². The molecule has 0 amide bonds. The predicted octanol–water partition coefficient (Wildman–Crippen LogP) is 3.84. The van der Waals surface area contributed by atoms with Crippen molar-refractivity contribution in [3.63, 3.8) is 0 Å². The number of nitrogens with one attached hydrogen (secondary N) is 1. The zero-order valence-electron chi connectivity index (χ0n) is 14.2. The molecule has 0 fully saturated rings. The Labute approximate surface area is 150 Å². The van der Waals surface area contributed by atoms with Gasteiger partial charge in [-0.2, -0.15) is 0 Å². The van der Waals surface area contributed by atoms with E-state index in [4.69, 9.17) is 9.47 Å². The summed E-state index contributed by atoms with van der Waals surface area (Å²) < 4.78 is 10.4. The lowest BCUT2D eigenvalue weighted by atomic mass is 10.1. The smallest absolute Gasteiger partial charge is 0.319 e. The number of H-pyrrole nitrogens is 1. The Bertz CT molecular complexity index is 812. The Kier molecular flexibility index (Phi) is 5.60. The molecular weight excluding hydrogens is 336 g/mol. The first-order chi connectivity index (χ1) is 12.2. The molecule has 0 aliphatic carbocycles. The van der Waals surface area contributed by atoms with E-state index in [0.29, 0.717) is 18.2 Å². The Morgan fingerprint density at radius 1 is 1.20 bits per heavy atom. The van der Waals surface area contributed by atoms with E-state index in [2.05, 4.69) is 9.97 Å². The van der Waals surface area contributed by atoms with Gasteiger partial charge in [-0.25, -0.2) is 4.98 Å². The number of para-hydroxylation sites is 2. The van der Waals surface area contributed by atoms with Crippen molar-refractivity contribution in [2.24, 2.45) is 0 Å². The molecule has 1 atom stereocenters. The van der Waals surface area contributed by atoms with E-state index >= 15 is 0 Å². The van der Waals surface area contributed by atoms with Crippen molar-refractivity contribution in [2.45, 2.75) is 23.8 Å². The van der Waals surface area contributed by atoms with Crippen LogP contribution in [0.4, 0.5) is 0 Å². The Morgan fingerprint density at radius 2 is 1.96 bits per heavy atom. The summed E-state index contributed by atoms with van der Waals surface area (Å²) in [6.07, 6.45) is 0.560. The number of nitrogens with zero attached hydrogens (tertiary/aromatic N) is 1. The van der Waals surface area contributed by atoms with Crippen LogP contribution in [-0.2, 0) is 16.0 Å². The maximum atomic E-state index is 12.4. The third kappa shape index (κ3) is 4.33. The van der Waals surface area contributed by atoms with Gasteiger partial charge in [-0.05, 0) is 43.2 Å². The second-order valence-electron chi connectivity index (χ2n) is 5.47. The average molecular weight is 356 g/mol. The fourth-order valence-electron chi connectivity index (χ4n) is 2.50. The number of hydrogen-bond donors (Lipinski definition) is 1. The van der Waals surface area contributed by atoms with Crippen LogP contribution in [0, 0.1) is 0 Å². The number of imidazole rings is 1. The fraction of sp³-hybridized carbons (Fsp3) is 0.263. The number of benzene rings is 2. The maximum Gasteiger partial charge on any atom is 0.319 e. The highest BCUT2D eigenvalue weighted by Crippen LogP contribution is 2.27. The van der Waals surface area contributed by atoms with Crippen molar-refractivity contribution in [2.75, 3.05) is 13.7 Å². The fourth-order valence-corrected chi connectivity index (χ4v) is 3.53. The number of esters is 1. The van der Waals surface area contributed by atoms with Crippen LogP contribution in [0.25, 0.3) is 11.0 Å². The van der Waals surface area contributed by atoms with E-state index < -0.39 is 0 Å². The minimum absolute atomic E-state index is 0.233. The number of rotatable bonds is 7. The molecule has 0 radical (unpaired) electrons. The van der Waals surface area contributed by atoms with Crippen molar-refractivity contribution in [1.29, 1.82) is 0 Å². The molecule has 0 aliphatic heterocycles. The van der Waals surface area contributed by atoms with Crippen LogP contribution >= 0.6 is 11.8 Å². The topological polar surface area (TPSA) is 64.2 Å². The van der Waals surface area contributed by atoms with Crippen molar-refractivity contribution < 1.29 is 14.3 Å². The van der Waals surface area contributed by atoms with E-state index in [9.17, 15) is 4.79 Å². The van der Waals surface area contributed by atoms with Crippen LogP contribution in [0.2, 0.25) is 0 Å². The lowest BCUT2D eigenvalue weighted by Gasteiger charge is -2.14. The summed E-state index contributed by atoms with van der Waals surface area (Å²) in [5.41, 5.74) is 2.89. The molecule has 0 aliphatic rings. The zero-order valence-corrected chi connectivity index (χ0v) is 15.0. The molecule has 1 unspecified atom stereocenters. The predicted molar refractivity (Wildman–Crippen MR) is 99.1 cm³/mol. The maximum absolute atomic E-state index is 12.4. The van der Waals surface area contributed by atoms with Crippen LogP contribution in [0.1, 0.15) is 12.5 Å². The summed E-state index contributed by atoms with van der Waals surface area (Å²) >= 11 is 1.39. The molecule has 1 N–H and O–H groups in total. The first-order valence-electron chi connectivity index (χ1n) is 8.10. The number of ether oxygens (including phenoxy) is 2. The highest BCUT2D eigenvalue weighted by molar-refractivity contribution is 8.00. The number of carbonyl (C=O) groups excluding carboxylic acids is 1. The van der Waals surface area contributed by atoms with Gasteiger partial charge in [0.05, 0.1) is 24.8 Å². The van der Waals surface area contributed by atoms with Crippen LogP contribution < -0.4 is 4.74 Å². The summed E-state index contributed by atoms with van der Waals surface area (Å²) in [5, 5.41) is 0.349. The van der Waals surface area contributed by atoms with Crippen molar-refractivity contribution in [3.8, 4) is 5.75 Å². The van der Waals surface area contributed by atoms with Crippen LogP contribution in [0.3, 0.4) is 0 Å². The first-order valence-corrected chi connectivity index (χ1v) is 8.98. The third-order valence-electron chi connectivity index (χ3n) is 3.75. The number of aromatic nitrogens is 2. The van der Waals surface area contributed by atoms with Gasteiger partial charge in [-0.3, -0.25) is 4.79 Å². The highest BCUT2D eigenvalue weighted by atomic mass is 32.2. The van der Waals surface area contributed by atoms with E-state index in [1.807, 2.05) is 55.5 Å². The van der Waals surface area contributed by atoms with Crippen LogP contribution in [-0.4, -0.2) is 34.9 Å². The van der Waals surface area contributed by atoms with Gasteiger partial charge in [0.15, 0.2) is 5.16 Å². The van der Waals surface area contributed by atoms with Crippen molar-refractivity contribution >= 4 is 28.8 Å². The summed E-state index contributed by atoms with van der Waals surface area (Å²) in [6, 6.07) is 15.5. The average Bonchev–Trinajstić information content (AvgIpc) is 3.04. The molecule has 3 aromatic rings. The molecule has 3 rings (SSSR count). The molecule has 5 nitrogen and oxygen atoms in total. The number of aromatic amines is 1. The Morgan fingerprint density at radius 3 is 2.64 bits per heavy atom. The van der Waals surface area contributed by atoms with Crippen LogP contribution in [0.15, 0.2) is 53.7 Å². The van der Waals surface area contributed by atoms with Gasteiger partial charge in [0.2, 0.25) is 0 Å². The van der Waals surface area contributed by atoms with Crippen molar-refractivity contribution in [1.82, 2.24) is 9.97 Å². The summed E-state index contributed by atoms with van der Waals surface area (Å²) in [7, 11) is 1.63. The van der Waals surface area contributed by atoms with Gasteiger partial charge >= 0.3 is 5.97 Å². The standard InChI is InChI=1S/C19H20N2O3S/c1-3-24-18(22)17(12-13-8-10-14(23-2)11-9-13)25-19-20-15-6-4-5-7-16(15)21-19/h4-11,17H,3,12H2,1-2H3,(H,20,21). The Hall–Kier alpha value is -2.47. The second-order valence-corrected chi connectivity index (χ2v) is 6.66. The molecule has 0 bridgehead atoms. The number of fused-ring (bicyclic) bond motifs is 1. The SMILES string of the molecule is CCOC(=O)C(Cc1ccc(OC)cc1)Sc1nc2ccccc2[nH]1. The van der Waals surface area contributed by atoms with Crippen molar-refractivity contribution in [3.05, 3.63) is 54.1 Å².